The number of carbonyl (C=O) groups is 2. The lowest BCUT2D eigenvalue weighted by Crippen LogP contribution is -2.53. The first kappa shape index (κ1) is 16.7. The smallest absolute Gasteiger partial charge is 0.237 e. The first-order valence-electron chi connectivity index (χ1n) is 8.96. The van der Waals surface area contributed by atoms with Crippen molar-refractivity contribution in [2.24, 2.45) is 11.1 Å². The van der Waals surface area contributed by atoms with Crippen LogP contribution >= 0.6 is 0 Å². The summed E-state index contributed by atoms with van der Waals surface area (Å²) in [6, 6.07) is 0. The number of primary amides is 1. The van der Waals surface area contributed by atoms with Crippen molar-refractivity contribution in [1.82, 2.24) is 9.80 Å². The number of rotatable bonds is 4. The van der Waals surface area contributed by atoms with Crippen molar-refractivity contribution in [1.29, 1.82) is 0 Å². The van der Waals surface area contributed by atoms with Crippen molar-refractivity contribution < 1.29 is 14.3 Å². The Balaban J connectivity index is 1.50. The highest BCUT2D eigenvalue weighted by Gasteiger charge is 2.41. The molecule has 0 aromatic heterocycles. The van der Waals surface area contributed by atoms with Crippen molar-refractivity contribution in [3.05, 3.63) is 0 Å². The molecule has 1 atom stereocenters. The van der Waals surface area contributed by atoms with E-state index in [4.69, 9.17) is 10.5 Å². The lowest BCUT2D eigenvalue weighted by Gasteiger charge is -2.47. The number of carbonyl (C=O) groups excluding carboxylic acids is 2. The quantitative estimate of drug-likeness (QED) is 0.828. The predicted molar refractivity (Wildman–Crippen MR) is 86.7 cm³/mol. The van der Waals surface area contributed by atoms with Crippen LogP contribution in [0.3, 0.4) is 0 Å². The molecule has 3 fully saturated rings. The SMILES string of the molecule is NC(=O)CN1CC2(CCC1=O)CCN(CC1CCCCO1)CC2. The molecule has 2 amide bonds. The van der Waals surface area contributed by atoms with Gasteiger partial charge in [0.15, 0.2) is 0 Å². The Morgan fingerprint density at radius 1 is 1.26 bits per heavy atom. The summed E-state index contributed by atoms with van der Waals surface area (Å²) in [5.41, 5.74) is 5.46. The summed E-state index contributed by atoms with van der Waals surface area (Å²) in [5, 5.41) is 0. The third-order valence-electron chi connectivity index (χ3n) is 5.75. The molecule has 23 heavy (non-hydrogen) atoms. The van der Waals surface area contributed by atoms with Crippen LogP contribution in [0, 0.1) is 5.41 Å². The molecule has 0 aliphatic carbocycles. The number of nitrogens with zero attached hydrogens (tertiary/aromatic N) is 2. The molecule has 3 saturated heterocycles. The van der Waals surface area contributed by atoms with Gasteiger partial charge in [-0.3, -0.25) is 9.59 Å². The van der Waals surface area contributed by atoms with E-state index in [1.54, 1.807) is 4.90 Å². The standard InChI is InChI=1S/C17H29N3O3/c18-15(21)12-20-13-17(5-4-16(20)22)6-8-19(9-7-17)11-14-3-1-2-10-23-14/h14H,1-13H2,(H2,18,21). The fraction of sp³-hybridized carbons (Fsp3) is 0.882. The normalized spacial score (nSPS) is 29.0. The van der Waals surface area contributed by atoms with Crippen LogP contribution < -0.4 is 5.73 Å². The lowest BCUT2D eigenvalue weighted by atomic mass is 9.72. The largest absolute Gasteiger partial charge is 0.377 e. The highest BCUT2D eigenvalue weighted by Crippen LogP contribution is 2.40. The average molecular weight is 323 g/mol. The number of nitrogens with two attached hydrogens (primary N) is 1. The maximum atomic E-state index is 12.0. The topological polar surface area (TPSA) is 75.9 Å². The second-order valence-electron chi connectivity index (χ2n) is 7.51. The highest BCUT2D eigenvalue weighted by molar-refractivity contribution is 5.84. The van der Waals surface area contributed by atoms with Crippen molar-refractivity contribution in [3.8, 4) is 0 Å². The molecule has 6 heteroatoms. The maximum absolute atomic E-state index is 12.0. The second kappa shape index (κ2) is 7.18. The number of piperidine rings is 2. The Labute approximate surface area is 138 Å². The molecule has 0 saturated carbocycles. The molecular weight excluding hydrogens is 294 g/mol. The van der Waals surface area contributed by atoms with Crippen LogP contribution in [0.2, 0.25) is 0 Å². The van der Waals surface area contributed by atoms with Crippen LogP contribution in [-0.2, 0) is 14.3 Å². The molecule has 0 aromatic carbocycles. The van der Waals surface area contributed by atoms with Gasteiger partial charge in [0.1, 0.15) is 0 Å². The number of ether oxygens (including phenoxy) is 1. The van der Waals surface area contributed by atoms with Crippen LogP contribution in [0.5, 0.6) is 0 Å². The van der Waals surface area contributed by atoms with Crippen LogP contribution in [0.15, 0.2) is 0 Å². The first-order valence-corrected chi connectivity index (χ1v) is 8.96. The molecule has 0 aromatic rings. The Hall–Kier alpha value is -1.14. The fourth-order valence-corrected chi connectivity index (χ4v) is 4.29. The molecule has 6 nitrogen and oxygen atoms in total. The Morgan fingerprint density at radius 3 is 2.70 bits per heavy atom. The first-order chi connectivity index (χ1) is 11.1. The summed E-state index contributed by atoms with van der Waals surface area (Å²) in [6.07, 6.45) is 7.77. The van der Waals surface area contributed by atoms with E-state index in [0.717, 1.165) is 45.5 Å². The molecule has 130 valence electrons. The van der Waals surface area contributed by atoms with Crippen LogP contribution in [-0.4, -0.2) is 67.0 Å². The zero-order chi connectivity index (χ0) is 16.3. The molecular formula is C17H29N3O3. The zero-order valence-electron chi connectivity index (χ0n) is 14.0. The number of amides is 2. The van der Waals surface area contributed by atoms with Gasteiger partial charge in [-0.15, -0.1) is 0 Å². The van der Waals surface area contributed by atoms with E-state index in [1.165, 1.54) is 19.3 Å². The minimum Gasteiger partial charge on any atom is -0.377 e. The third kappa shape index (κ3) is 4.23. The molecule has 2 N–H and O–H groups in total. The van der Waals surface area contributed by atoms with Gasteiger partial charge in [-0.05, 0) is 57.0 Å². The van der Waals surface area contributed by atoms with Gasteiger partial charge < -0.3 is 20.3 Å². The average Bonchev–Trinajstić information content (AvgIpc) is 2.54. The van der Waals surface area contributed by atoms with E-state index in [1.807, 2.05) is 0 Å². The Morgan fingerprint density at radius 2 is 2.04 bits per heavy atom. The van der Waals surface area contributed by atoms with E-state index in [9.17, 15) is 9.59 Å². The van der Waals surface area contributed by atoms with E-state index >= 15 is 0 Å². The molecule has 1 unspecified atom stereocenters. The van der Waals surface area contributed by atoms with Crippen molar-refractivity contribution in [2.45, 2.75) is 51.0 Å². The Bertz CT molecular complexity index is 440. The summed E-state index contributed by atoms with van der Waals surface area (Å²) in [4.78, 5) is 27.3. The van der Waals surface area contributed by atoms with E-state index in [2.05, 4.69) is 4.90 Å². The second-order valence-corrected chi connectivity index (χ2v) is 7.51. The monoisotopic (exact) mass is 323 g/mol. The van der Waals surface area contributed by atoms with Gasteiger partial charge in [0, 0.05) is 26.1 Å². The van der Waals surface area contributed by atoms with Gasteiger partial charge in [-0.1, -0.05) is 0 Å². The minimum atomic E-state index is -0.415. The fourth-order valence-electron chi connectivity index (χ4n) is 4.29. The van der Waals surface area contributed by atoms with Crippen LogP contribution in [0.4, 0.5) is 0 Å². The molecule has 3 aliphatic rings. The summed E-state index contributed by atoms with van der Waals surface area (Å²) < 4.78 is 5.85. The minimum absolute atomic E-state index is 0.0697. The summed E-state index contributed by atoms with van der Waals surface area (Å²) in [5.74, 6) is -0.338. The number of likely N-dealkylation sites (tertiary alicyclic amines) is 2. The van der Waals surface area contributed by atoms with Crippen molar-refractivity contribution >= 4 is 11.8 Å². The van der Waals surface area contributed by atoms with Gasteiger partial charge in [0.25, 0.3) is 0 Å². The van der Waals surface area contributed by atoms with E-state index < -0.39 is 5.91 Å². The lowest BCUT2D eigenvalue weighted by molar-refractivity contribution is -0.142. The third-order valence-corrected chi connectivity index (χ3v) is 5.75. The predicted octanol–water partition coefficient (Wildman–Crippen LogP) is 0.745. The summed E-state index contributed by atoms with van der Waals surface area (Å²) >= 11 is 0. The van der Waals surface area contributed by atoms with Gasteiger partial charge in [-0.25, -0.2) is 0 Å². The van der Waals surface area contributed by atoms with Gasteiger partial charge in [-0.2, -0.15) is 0 Å². The van der Waals surface area contributed by atoms with Crippen molar-refractivity contribution in [3.63, 3.8) is 0 Å². The molecule has 0 radical (unpaired) electrons. The maximum Gasteiger partial charge on any atom is 0.237 e. The summed E-state index contributed by atoms with van der Waals surface area (Å²) in [7, 11) is 0. The number of hydrogen-bond donors (Lipinski definition) is 1. The molecule has 3 aliphatic heterocycles. The number of hydrogen-bond acceptors (Lipinski definition) is 4. The zero-order valence-corrected chi connectivity index (χ0v) is 14.0. The Kier molecular flexibility index (Phi) is 5.21. The van der Waals surface area contributed by atoms with Gasteiger partial charge in [0.05, 0.1) is 12.6 Å². The molecule has 0 bridgehead atoms. The van der Waals surface area contributed by atoms with E-state index in [0.29, 0.717) is 19.1 Å². The van der Waals surface area contributed by atoms with Gasteiger partial charge in [0.2, 0.25) is 11.8 Å². The van der Waals surface area contributed by atoms with E-state index in [-0.39, 0.29) is 17.9 Å². The molecule has 3 heterocycles. The van der Waals surface area contributed by atoms with Crippen molar-refractivity contribution in [2.75, 3.05) is 39.3 Å². The van der Waals surface area contributed by atoms with Gasteiger partial charge >= 0.3 is 0 Å². The highest BCUT2D eigenvalue weighted by atomic mass is 16.5. The summed E-state index contributed by atoms with van der Waals surface area (Å²) in [6.45, 7) is 4.85. The van der Waals surface area contributed by atoms with Crippen LogP contribution in [0.1, 0.15) is 44.9 Å². The molecule has 1 spiro atoms. The van der Waals surface area contributed by atoms with Crippen LogP contribution in [0.25, 0.3) is 0 Å². The molecule has 3 rings (SSSR count).